The Kier molecular flexibility index (Phi) is 8.46. The first-order valence-electron chi connectivity index (χ1n) is 11.0. The summed E-state index contributed by atoms with van der Waals surface area (Å²) in [5, 5.41) is 6.62. The molecule has 31 heavy (non-hydrogen) atoms. The molecule has 1 aliphatic heterocycles. The molecule has 1 heterocycles. The van der Waals surface area contributed by atoms with Gasteiger partial charge in [-0.25, -0.2) is 0 Å². The molecule has 3 rings (SSSR count). The lowest BCUT2D eigenvalue weighted by atomic mass is 10.00. The summed E-state index contributed by atoms with van der Waals surface area (Å²) >= 11 is 0. The third-order valence-corrected chi connectivity index (χ3v) is 5.82. The summed E-state index contributed by atoms with van der Waals surface area (Å²) in [7, 11) is 1.61. The van der Waals surface area contributed by atoms with E-state index in [1.54, 1.807) is 7.11 Å². The van der Waals surface area contributed by atoms with Crippen molar-refractivity contribution in [1.29, 1.82) is 0 Å². The van der Waals surface area contributed by atoms with Crippen molar-refractivity contribution in [3.63, 3.8) is 0 Å². The van der Waals surface area contributed by atoms with Gasteiger partial charge in [0, 0.05) is 25.7 Å². The van der Waals surface area contributed by atoms with Gasteiger partial charge >= 0.3 is 0 Å². The van der Waals surface area contributed by atoms with Crippen LogP contribution in [0.25, 0.3) is 0 Å². The van der Waals surface area contributed by atoms with Crippen LogP contribution in [0.15, 0.2) is 48.5 Å². The van der Waals surface area contributed by atoms with Gasteiger partial charge < -0.3 is 20.1 Å². The zero-order valence-electron chi connectivity index (χ0n) is 19.1. The van der Waals surface area contributed by atoms with E-state index in [1.165, 1.54) is 0 Å². The molecule has 168 valence electrons. The van der Waals surface area contributed by atoms with Crippen LogP contribution in [-0.4, -0.2) is 56.8 Å². The zero-order chi connectivity index (χ0) is 22.2. The van der Waals surface area contributed by atoms with Gasteiger partial charge in [-0.15, -0.1) is 0 Å². The lowest BCUT2D eigenvalue weighted by Gasteiger charge is -2.37. The van der Waals surface area contributed by atoms with Crippen molar-refractivity contribution in [1.82, 2.24) is 10.2 Å². The molecule has 0 spiro atoms. The third-order valence-electron chi connectivity index (χ3n) is 5.82. The smallest absolute Gasteiger partial charge is 0.246 e. The fourth-order valence-corrected chi connectivity index (χ4v) is 4.07. The second-order valence-electron chi connectivity index (χ2n) is 8.40. The Hall–Kier alpha value is -2.41. The van der Waals surface area contributed by atoms with Crippen molar-refractivity contribution in [3.8, 4) is 5.75 Å². The van der Waals surface area contributed by atoms with Crippen molar-refractivity contribution >= 4 is 11.6 Å². The molecule has 2 atom stereocenters. The minimum Gasteiger partial charge on any atom is -0.495 e. The number of morpholine rings is 1. The van der Waals surface area contributed by atoms with E-state index in [4.69, 9.17) is 9.47 Å². The molecule has 0 saturated carbocycles. The molecule has 0 aromatic heterocycles. The topological polar surface area (TPSA) is 62.8 Å². The minimum atomic E-state index is -0.464. The van der Waals surface area contributed by atoms with E-state index in [9.17, 15) is 4.79 Å². The number of benzene rings is 2. The molecule has 0 aliphatic carbocycles. The number of carbonyl (C=O) groups excluding carboxylic acids is 1. The van der Waals surface area contributed by atoms with Crippen LogP contribution in [0.4, 0.5) is 5.69 Å². The number of aryl methyl sites for hydroxylation is 1. The number of carbonyl (C=O) groups is 1. The molecular weight excluding hydrogens is 390 g/mol. The van der Waals surface area contributed by atoms with Crippen LogP contribution >= 0.6 is 0 Å². The van der Waals surface area contributed by atoms with Gasteiger partial charge in [0.25, 0.3) is 0 Å². The molecule has 2 aromatic carbocycles. The zero-order valence-corrected chi connectivity index (χ0v) is 19.1. The van der Waals surface area contributed by atoms with Crippen LogP contribution in [0.2, 0.25) is 0 Å². The Morgan fingerprint density at radius 1 is 1.13 bits per heavy atom. The Labute approximate surface area is 185 Å². The highest BCUT2D eigenvalue weighted by atomic mass is 16.5. The summed E-state index contributed by atoms with van der Waals surface area (Å²) in [5.74, 6) is 1.01. The van der Waals surface area contributed by atoms with Gasteiger partial charge in [-0.3, -0.25) is 9.69 Å². The molecule has 0 unspecified atom stereocenters. The summed E-state index contributed by atoms with van der Waals surface area (Å²) < 4.78 is 11.0. The number of amides is 1. The lowest BCUT2D eigenvalue weighted by molar-refractivity contribution is -0.118. The van der Waals surface area contributed by atoms with E-state index in [-0.39, 0.29) is 5.91 Å². The van der Waals surface area contributed by atoms with Crippen LogP contribution in [0.1, 0.15) is 31.0 Å². The summed E-state index contributed by atoms with van der Waals surface area (Å²) in [5.41, 5.74) is 2.69. The van der Waals surface area contributed by atoms with Gasteiger partial charge in [-0.05, 0) is 36.1 Å². The SMILES string of the molecule is COc1ccc(C)cc1NC(=O)[C@@H](NC[C@@H](C(C)C)N1CCOCC1)c1ccccc1. The second kappa shape index (κ2) is 11.3. The van der Waals surface area contributed by atoms with Crippen molar-refractivity contribution in [2.24, 2.45) is 5.92 Å². The first kappa shape index (κ1) is 23.3. The molecule has 1 fully saturated rings. The number of methoxy groups -OCH3 is 1. The average molecular weight is 426 g/mol. The van der Waals surface area contributed by atoms with Gasteiger partial charge in [0.15, 0.2) is 0 Å². The van der Waals surface area contributed by atoms with E-state index in [1.807, 2.05) is 55.5 Å². The maximum Gasteiger partial charge on any atom is 0.246 e. The largest absolute Gasteiger partial charge is 0.495 e. The molecule has 6 nitrogen and oxygen atoms in total. The predicted molar refractivity (Wildman–Crippen MR) is 125 cm³/mol. The Morgan fingerprint density at radius 2 is 1.84 bits per heavy atom. The molecule has 1 amide bonds. The molecule has 0 radical (unpaired) electrons. The summed E-state index contributed by atoms with van der Waals surface area (Å²) in [4.78, 5) is 15.9. The highest BCUT2D eigenvalue weighted by Gasteiger charge is 2.27. The van der Waals surface area contributed by atoms with E-state index >= 15 is 0 Å². The standard InChI is InChI=1S/C25H35N3O3/c1-18(2)22(28-12-14-31-15-13-28)17-26-24(20-8-6-5-7-9-20)25(29)27-21-16-19(3)10-11-23(21)30-4/h5-11,16,18,22,24,26H,12-15,17H2,1-4H3,(H,27,29)/t22-,24-/m0/s1. The lowest BCUT2D eigenvalue weighted by Crippen LogP contribution is -2.51. The number of anilines is 1. The van der Waals surface area contributed by atoms with Crippen LogP contribution < -0.4 is 15.4 Å². The van der Waals surface area contributed by atoms with Crippen molar-refractivity contribution in [2.75, 3.05) is 45.3 Å². The van der Waals surface area contributed by atoms with Crippen LogP contribution in [0.5, 0.6) is 5.75 Å². The van der Waals surface area contributed by atoms with Crippen molar-refractivity contribution < 1.29 is 14.3 Å². The van der Waals surface area contributed by atoms with Crippen LogP contribution in [-0.2, 0) is 9.53 Å². The van der Waals surface area contributed by atoms with E-state index < -0.39 is 6.04 Å². The first-order valence-corrected chi connectivity index (χ1v) is 11.0. The Morgan fingerprint density at radius 3 is 2.48 bits per heavy atom. The Bertz CT molecular complexity index is 835. The fraction of sp³-hybridized carbons (Fsp3) is 0.480. The van der Waals surface area contributed by atoms with Gasteiger partial charge in [0.2, 0.25) is 5.91 Å². The van der Waals surface area contributed by atoms with E-state index in [0.717, 1.165) is 44.0 Å². The van der Waals surface area contributed by atoms with E-state index in [2.05, 4.69) is 29.4 Å². The average Bonchev–Trinajstić information content (AvgIpc) is 2.78. The molecular formula is C25H35N3O3. The van der Waals surface area contributed by atoms with Crippen molar-refractivity contribution in [2.45, 2.75) is 32.9 Å². The van der Waals surface area contributed by atoms with Gasteiger partial charge in [-0.1, -0.05) is 50.2 Å². The molecule has 0 bridgehead atoms. The molecule has 6 heteroatoms. The molecule has 2 aromatic rings. The quantitative estimate of drug-likeness (QED) is 0.642. The summed E-state index contributed by atoms with van der Waals surface area (Å²) in [6, 6.07) is 15.5. The maximum atomic E-state index is 13.4. The number of rotatable bonds is 9. The number of nitrogens with one attached hydrogen (secondary N) is 2. The monoisotopic (exact) mass is 425 g/mol. The molecule has 1 aliphatic rings. The van der Waals surface area contributed by atoms with E-state index in [0.29, 0.717) is 23.4 Å². The first-order chi connectivity index (χ1) is 15.0. The molecule has 1 saturated heterocycles. The number of nitrogens with zero attached hydrogens (tertiary/aromatic N) is 1. The summed E-state index contributed by atoms with van der Waals surface area (Å²) in [6.07, 6.45) is 0. The van der Waals surface area contributed by atoms with Gasteiger partial charge in [0.05, 0.1) is 26.0 Å². The normalized spacial score (nSPS) is 16.7. The van der Waals surface area contributed by atoms with Crippen molar-refractivity contribution in [3.05, 3.63) is 59.7 Å². The fourth-order valence-electron chi connectivity index (χ4n) is 4.07. The maximum absolute atomic E-state index is 13.4. The van der Waals surface area contributed by atoms with Crippen LogP contribution in [0.3, 0.4) is 0 Å². The van der Waals surface area contributed by atoms with Crippen LogP contribution in [0, 0.1) is 12.8 Å². The second-order valence-corrected chi connectivity index (χ2v) is 8.40. The Balaban J connectivity index is 1.78. The van der Waals surface area contributed by atoms with Gasteiger partial charge in [-0.2, -0.15) is 0 Å². The number of hydrogen-bond donors (Lipinski definition) is 2. The highest BCUT2D eigenvalue weighted by Crippen LogP contribution is 2.27. The predicted octanol–water partition coefficient (Wildman–Crippen LogP) is 3.63. The third kappa shape index (κ3) is 6.29. The number of hydrogen-bond acceptors (Lipinski definition) is 5. The summed E-state index contributed by atoms with van der Waals surface area (Å²) in [6.45, 7) is 10.6. The number of ether oxygens (including phenoxy) is 2. The molecule has 2 N–H and O–H groups in total. The van der Waals surface area contributed by atoms with Gasteiger partial charge in [0.1, 0.15) is 11.8 Å². The highest BCUT2D eigenvalue weighted by molar-refractivity contribution is 5.96. The minimum absolute atomic E-state index is 0.0976.